The van der Waals surface area contributed by atoms with Crippen molar-refractivity contribution in [3.05, 3.63) is 29.8 Å². The van der Waals surface area contributed by atoms with Crippen molar-refractivity contribution in [2.45, 2.75) is 19.9 Å². The zero-order chi connectivity index (χ0) is 13.3. The molecule has 0 amide bonds. The number of nitrogens with zero attached hydrogens (tertiary/aromatic N) is 2. The van der Waals surface area contributed by atoms with Crippen molar-refractivity contribution in [1.82, 2.24) is 0 Å². The second-order valence-corrected chi connectivity index (χ2v) is 5.07. The lowest BCUT2D eigenvalue weighted by atomic mass is 10.0. The first-order valence-corrected chi connectivity index (χ1v) is 6.31. The molecule has 1 fully saturated rings. The van der Waals surface area contributed by atoms with Crippen LogP contribution < -0.4 is 10.6 Å². The van der Waals surface area contributed by atoms with E-state index in [1.54, 1.807) is 0 Å². The Morgan fingerprint density at radius 3 is 2.67 bits per heavy atom. The summed E-state index contributed by atoms with van der Waals surface area (Å²) >= 11 is 0. The van der Waals surface area contributed by atoms with E-state index in [4.69, 9.17) is 5.73 Å². The second kappa shape index (κ2) is 4.94. The van der Waals surface area contributed by atoms with Crippen LogP contribution in [0.1, 0.15) is 18.1 Å². The van der Waals surface area contributed by atoms with Crippen LogP contribution in [0.3, 0.4) is 0 Å². The fourth-order valence-electron chi connectivity index (χ4n) is 2.58. The molecule has 0 radical (unpaired) electrons. The van der Waals surface area contributed by atoms with Crippen LogP contribution in [-0.4, -0.2) is 25.8 Å². The van der Waals surface area contributed by atoms with Gasteiger partial charge in [-0.3, -0.25) is 4.99 Å². The van der Waals surface area contributed by atoms with Crippen molar-refractivity contribution in [3.8, 4) is 0 Å². The molecule has 2 unspecified atom stereocenters. The molecule has 0 saturated carbocycles. The zero-order valence-corrected chi connectivity index (χ0v) is 11.2. The highest BCUT2D eigenvalue weighted by Crippen LogP contribution is 2.35. The Morgan fingerprint density at radius 2 is 2.17 bits per heavy atom. The highest BCUT2D eigenvalue weighted by atomic mass is 15.2. The van der Waals surface area contributed by atoms with Crippen molar-refractivity contribution < 1.29 is 0 Å². The van der Waals surface area contributed by atoms with Gasteiger partial charge in [0.1, 0.15) is 0 Å². The first kappa shape index (κ1) is 12.8. The summed E-state index contributed by atoms with van der Waals surface area (Å²) < 4.78 is 0. The number of rotatable bonds is 3. The van der Waals surface area contributed by atoms with Gasteiger partial charge in [-0.25, -0.2) is 0 Å². The van der Waals surface area contributed by atoms with Crippen LogP contribution in [0.2, 0.25) is 0 Å². The molecule has 1 saturated heterocycles. The molecule has 3 heteroatoms. The Labute approximate surface area is 109 Å². The summed E-state index contributed by atoms with van der Waals surface area (Å²) in [5.41, 5.74) is 10.4. The van der Waals surface area contributed by atoms with Gasteiger partial charge in [0.15, 0.2) is 0 Å². The Kier molecular flexibility index (Phi) is 3.53. The summed E-state index contributed by atoms with van der Waals surface area (Å²) in [5, 5.41) is 0. The lowest BCUT2D eigenvalue weighted by Gasteiger charge is -2.22. The smallest absolute Gasteiger partial charge is 0.0744 e. The molecule has 0 aliphatic carbocycles. The lowest BCUT2D eigenvalue weighted by molar-refractivity contribution is 0.566. The Morgan fingerprint density at radius 1 is 1.44 bits per heavy atom. The number of nitrogens with two attached hydrogens (primary N) is 1. The normalized spacial score (nSPS) is 23.2. The van der Waals surface area contributed by atoms with Gasteiger partial charge in [0.05, 0.1) is 5.69 Å². The molecule has 2 rings (SSSR count). The summed E-state index contributed by atoms with van der Waals surface area (Å²) in [6.45, 7) is 13.7. The van der Waals surface area contributed by atoms with E-state index in [9.17, 15) is 0 Å². The molecular weight excluding hydrogens is 222 g/mol. The lowest BCUT2D eigenvalue weighted by Crippen LogP contribution is -2.28. The van der Waals surface area contributed by atoms with Crippen molar-refractivity contribution in [2.75, 3.05) is 18.0 Å². The molecule has 2 atom stereocenters. The van der Waals surface area contributed by atoms with E-state index in [1.807, 2.05) is 13.0 Å². The minimum Gasteiger partial charge on any atom is -0.369 e. The number of benzene rings is 1. The van der Waals surface area contributed by atoms with Crippen LogP contribution in [0, 0.1) is 12.8 Å². The maximum Gasteiger partial charge on any atom is 0.0744 e. The van der Waals surface area contributed by atoms with E-state index < -0.39 is 0 Å². The molecular formula is C15H21N3. The van der Waals surface area contributed by atoms with Crippen LogP contribution in [0.5, 0.6) is 0 Å². The van der Waals surface area contributed by atoms with Crippen LogP contribution in [0.25, 0.3) is 6.08 Å². The number of aliphatic imine (C=N–C) groups is 1. The standard InChI is InChI=1S/C15H21N3/c1-5-12-14(7-6-10(2)15(12)17-4)18-8-11(3)13(16)9-18/h5-7,11,13H,1,4,8-9,16H2,2-3H3. The minimum absolute atomic E-state index is 0.240. The first-order valence-electron chi connectivity index (χ1n) is 6.31. The van der Waals surface area contributed by atoms with E-state index in [1.165, 1.54) is 0 Å². The van der Waals surface area contributed by atoms with Crippen molar-refractivity contribution >= 4 is 24.2 Å². The van der Waals surface area contributed by atoms with Crippen LogP contribution in [-0.2, 0) is 0 Å². The molecule has 1 aliphatic rings. The van der Waals surface area contributed by atoms with Crippen LogP contribution in [0.4, 0.5) is 11.4 Å². The van der Waals surface area contributed by atoms with Crippen molar-refractivity contribution in [1.29, 1.82) is 0 Å². The molecule has 0 bridgehead atoms. The van der Waals surface area contributed by atoms with E-state index in [0.717, 1.165) is 35.6 Å². The van der Waals surface area contributed by atoms with Gasteiger partial charge in [-0.1, -0.05) is 25.6 Å². The average molecular weight is 243 g/mol. The maximum atomic E-state index is 6.09. The van der Waals surface area contributed by atoms with Crippen LogP contribution in [0.15, 0.2) is 23.7 Å². The number of aryl methyl sites for hydroxylation is 1. The minimum atomic E-state index is 0.240. The first-order chi connectivity index (χ1) is 8.58. The summed E-state index contributed by atoms with van der Waals surface area (Å²) in [6, 6.07) is 4.45. The predicted octanol–water partition coefficient (Wildman–Crippen LogP) is 2.75. The number of hydrogen-bond donors (Lipinski definition) is 1. The topological polar surface area (TPSA) is 41.6 Å². The molecule has 3 nitrogen and oxygen atoms in total. The highest BCUT2D eigenvalue weighted by Gasteiger charge is 2.28. The van der Waals surface area contributed by atoms with Gasteiger partial charge >= 0.3 is 0 Å². The van der Waals surface area contributed by atoms with Gasteiger partial charge in [-0.2, -0.15) is 0 Å². The number of hydrogen-bond acceptors (Lipinski definition) is 3. The Hall–Kier alpha value is -1.61. The monoisotopic (exact) mass is 243 g/mol. The van der Waals surface area contributed by atoms with Gasteiger partial charge in [0.25, 0.3) is 0 Å². The van der Waals surface area contributed by atoms with Gasteiger partial charge in [0.2, 0.25) is 0 Å². The van der Waals surface area contributed by atoms with E-state index in [2.05, 4.69) is 42.2 Å². The summed E-state index contributed by atoms with van der Waals surface area (Å²) in [5.74, 6) is 0.518. The predicted molar refractivity (Wildman–Crippen MR) is 79.8 cm³/mol. The van der Waals surface area contributed by atoms with Crippen molar-refractivity contribution in [2.24, 2.45) is 16.6 Å². The summed E-state index contributed by atoms with van der Waals surface area (Å²) in [7, 11) is 0. The largest absolute Gasteiger partial charge is 0.369 e. The summed E-state index contributed by atoms with van der Waals surface area (Å²) in [4.78, 5) is 6.45. The van der Waals surface area contributed by atoms with Crippen LogP contribution >= 0.6 is 0 Å². The number of anilines is 1. The maximum absolute atomic E-state index is 6.09. The van der Waals surface area contributed by atoms with Gasteiger partial charge < -0.3 is 10.6 Å². The Balaban J connectivity index is 2.45. The Bertz CT molecular complexity index is 469. The molecule has 96 valence electrons. The molecule has 1 aromatic carbocycles. The highest BCUT2D eigenvalue weighted by molar-refractivity contribution is 5.79. The molecule has 2 N–H and O–H groups in total. The molecule has 18 heavy (non-hydrogen) atoms. The van der Waals surface area contributed by atoms with E-state index in [-0.39, 0.29) is 6.04 Å². The third-order valence-electron chi connectivity index (χ3n) is 3.77. The third-order valence-corrected chi connectivity index (χ3v) is 3.77. The molecule has 1 aromatic rings. The molecule has 1 aliphatic heterocycles. The van der Waals surface area contributed by atoms with E-state index >= 15 is 0 Å². The third kappa shape index (κ3) is 2.06. The van der Waals surface area contributed by atoms with Gasteiger partial charge in [0, 0.05) is 30.4 Å². The average Bonchev–Trinajstić information content (AvgIpc) is 2.68. The fraction of sp³-hybridized carbons (Fsp3) is 0.400. The summed E-state index contributed by atoms with van der Waals surface area (Å²) in [6.07, 6.45) is 1.86. The van der Waals surface area contributed by atoms with E-state index in [0.29, 0.717) is 5.92 Å². The quantitative estimate of drug-likeness (QED) is 0.829. The van der Waals surface area contributed by atoms with Gasteiger partial charge in [-0.05, 0) is 31.2 Å². The molecule has 0 spiro atoms. The molecule has 1 heterocycles. The van der Waals surface area contributed by atoms with Gasteiger partial charge in [-0.15, -0.1) is 0 Å². The SMILES string of the molecule is C=Cc1c(N2CC(C)C(N)C2)ccc(C)c1N=C. The fourth-order valence-corrected chi connectivity index (χ4v) is 2.58. The second-order valence-electron chi connectivity index (χ2n) is 5.07. The molecule has 0 aromatic heterocycles. The van der Waals surface area contributed by atoms with Crippen molar-refractivity contribution in [3.63, 3.8) is 0 Å². The zero-order valence-electron chi connectivity index (χ0n) is 11.2.